The second-order valence-electron chi connectivity index (χ2n) is 27.3. The number of nitrogens with zero attached hydrogens (tertiary/aromatic N) is 7. The minimum absolute atomic E-state index is 0.323. The Morgan fingerprint density at radius 2 is 0.941 bits per heavy atom. The predicted octanol–water partition coefficient (Wildman–Crippen LogP) is 18.3. The number of allylic oxidation sites excluding steroid dienone is 5. The van der Waals surface area contributed by atoms with Gasteiger partial charge in [-0.1, -0.05) is 178 Å². The van der Waals surface area contributed by atoms with Gasteiger partial charge in [-0.2, -0.15) is 0 Å². The minimum atomic E-state index is -0.331. The van der Waals surface area contributed by atoms with Gasteiger partial charge in [-0.25, -0.2) is 15.0 Å². The van der Waals surface area contributed by atoms with Crippen LogP contribution < -0.4 is 37.7 Å². The number of fused-ring (bicyclic) bond motifs is 24. The summed E-state index contributed by atoms with van der Waals surface area (Å²) in [5, 5.41) is 8.29. The largest absolute Gasteiger partial charge is 0.457 e. The fourth-order valence-corrected chi connectivity index (χ4v) is 18.4. The second-order valence-corrected chi connectivity index (χ2v) is 27.3. The maximum Gasteiger partial charge on any atom is 0.258 e. The number of furan rings is 4. The van der Waals surface area contributed by atoms with Crippen LogP contribution in [0.4, 0.5) is 11.4 Å². The molecule has 0 atom stereocenters. The van der Waals surface area contributed by atoms with Gasteiger partial charge in [-0.3, -0.25) is 13.7 Å². The van der Waals surface area contributed by atoms with Crippen molar-refractivity contribution in [2.75, 3.05) is 4.90 Å². The van der Waals surface area contributed by atoms with Gasteiger partial charge in [0.05, 0.1) is 33.1 Å². The van der Waals surface area contributed by atoms with E-state index >= 15 is 0 Å². The lowest BCUT2D eigenvalue weighted by Gasteiger charge is -2.42. The summed E-state index contributed by atoms with van der Waals surface area (Å²) in [4.78, 5) is 19.3. The molecule has 0 saturated heterocycles. The third kappa shape index (κ3) is 6.82. The molecule has 0 radical (unpaired) electrons. The smallest absolute Gasteiger partial charge is 0.258 e. The molecule has 101 heavy (non-hydrogen) atoms. The van der Waals surface area contributed by atoms with Crippen molar-refractivity contribution in [3.63, 3.8) is 0 Å². The maximum absolute atomic E-state index is 7.54. The Bertz CT molecular complexity index is 7220. The van der Waals surface area contributed by atoms with E-state index < -0.39 is 0 Å². The number of aromatic nitrogens is 6. The SMILES string of the molecule is C=C/C(=C\C)c1nc2cc3c(oc4ccccc43)c3c2n1-c1cccc2c1B3c1c3c(cc4nc(-c5cccc(-c6cccc7c6oc6cc(C)c8c(c67)B6c7c(cccc7-n7c(-c9ccccc9)nc9cc%10oc%11ccccc%11c%10c6c97)N8C(=C)C(=C)/C=C\C)c5)n-2c14)oc1ccccc13. The van der Waals surface area contributed by atoms with E-state index in [0.29, 0.717) is 0 Å². The molecule has 4 aliphatic heterocycles. The van der Waals surface area contributed by atoms with Gasteiger partial charge in [0.25, 0.3) is 13.4 Å². The Kier molecular flexibility index (Phi) is 10.5. The van der Waals surface area contributed by atoms with E-state index in [-0.39, 0.29) is 13.4 Å². The Hall–Kier alpha value is -13.1. The van der Waals surface area contributed by atoms with E-state index in [0.717, 1.165) is 244 Å². The summed E-state index contributed by atoms with van der Waals surface area (Å²) in [5.41, 5.74) is 31.4. The van der Waals surface area contributed by atoms with Crippen LogP contribution in [-0.2, 0) is 0 Å². The first kappa shape index (κ1) is 54.9. The molecule has 11 heterocycles. The maximum atomic E-state index is 7.54. The zero-order chi connectivity index (χ0) is 66.7. The van der Waals surface area contributed by atoms with Gasteiger partial charge in [-0.05, 0) is 131 Å². The van der Waals surface area contributed by atoms with Crippen LogP contribution in [0.2, 0.25) is 0 Å². The molecule has 0 N–H and O–H groups in total. The normalized spacial score (nSPS) is 13.6. The number of anilines is 2. The van der Waals surface area contributed by atoms with E-state index in [1.54, 1.807) is 0 Å². The highest BCUT2D eigenvalue weighted by Gasteiger charge is 2.48. The van der Waals surface area contributed by atoms with Gasteiger partial charge in [-0.15, -0.1) is 0 Å². The highest BCUT2D eigenvalue weighted by Crippen LogP contribution is 2.49. The topological polar surface area (TPSA) is 109 Å². The number of hydrogen-bond donors (Lipinski definition) is 0. The summed E-state index contributed by atoms with van der Waals surface area (Å²) in [6.45, 7) is 19.5. The van der Waals surface area contributed by atoms with Crippen molar-refractivity contribution in [2.24, 2.45) is 0 Å². The molecule has 12 aromatic carbocycles. The number of aryl methyl sites for hydroxylation is 1. The number of rotatable bonds is 8. The molecular formula is C88H53B2N7O4. The molecule has 0 saturated carbocycles. The van der Waals surface area contributed by atoms with E-state index in [1.165, 1.54) is 0 Å². The molecule has 23 rings (SSSR count). The zero-order valence-corrected chi connectivity index (χ0v) is 55.0. The molecule has 0 bridgehead atoms. The van der Waals surface area contributed by atoms with Crippen molar-refractivity contribution in [1.29, 1.82) is 0 Å². The predicted molar refractivity (Wildman–Crippen MR) is 415 cm³/mol. The molecule has 0 spiro atoms. The molecule has 7 aromatic heterocycles. The average molecular weight is 1290 g/mol. The van der Waals surface area contributed by atoms with Gasteiger partial charge in [0.15, 0.2) is 0 Å². The first-order valence-corrected chi connectivity index (χ1v) is 34.4. The average Bonchev–Trinajstić information content (AvgIpc) is 1.57. The molecule has 19 aromatic rings. The van der Waals surface area contributed by atoms with Gasteiger partial charge in [0.2, 0.25) is 0 Å². The summed E-state index contributed by atoms with van der Waals surface area (Å²) in [6.07, 6.45) is 8.08. The van der Waals surface area contributed by atoms with E-state index in [4.69, 9.17) is 39.2 Å². The Labute approximate surface area is 576 Å². The van der Waals surface area contributed by atoms with Crippen LogP contribution in [0.15, 0.2) is 279 Å². The lowest BCUT2D eigenvalue weighted by Crippen LogP contribution is -2.61. The van der Waals surface area contributed by atoms with Crippen molar-refractivity contribution in [3.8, 4) is 51.0 Å². The molecule has 0 unspecified atom stereocenters. The van der Waals surface area contributed by atoms with Crippen molar-refractivity contribution in [3.05, 3.63) is 273 Å². The number of imidazole rings is 3. The van der Waals surface area contributed by atoms with Crippen molar-refractivity contribution < 1.29 is 17.7 Å². The fraction of sp³-hybridized carbons (Fsp3) is 0.0341. The molecule has 470 valence electrons. The van der Waals surface area contributed by atoms with Crippen LogP contribution in [0.1, 0.15) is 25.2 Å². The van der Waals surface area contributed by atoms with Gasteiger partial charge in [0.1, 0.15) is 62.1 Å². The van der Waals surface area contributed by atoms with E-state index in [9.17, 15) is 0 Å². The van der Waals surface area contributed by atoms with Gasteiger partial charge < -0.3 is 22.6 Å². The summed E-state index contributed by atoms with van der Waals surface area (Å²) in [6, 6.07) is 73.3. The fourth-order valence-electron chi connectivity index (χ4n) is 18.4. The Morgan fingerprint density at radius 1 is 0.426 bits per heavy atom. The van der Waals surface area contributed by atoms with Crippen molar-refractivity contribution in [1.82, 2.24) is 28.7 Å². The first-order valence-electron chi connectivity index (χ1n) is 34.4. The Morgan fingerprint density at radius 3 is 1.61 bits per heavy atom. The molecule has 4 aliphatic rings. The number of para-hydroxylation sites is 4. The van der Waals surface area contributed by atoms with Crippen LogP contribution in [-0.4, -0.2) is 42.1 Å². The highest BCUT2D eigenvalue weighted by molar-refractivity contribution is 7.04. The molecule has 11 nitrogen and oxygen atoms in total. The third-order valence-electron chi connectivity index (χ3n) is 22.2. The monoisotopic (exact) mass is 1290 g/mol. The van der Waals surface area contributed by atoms with Gasteiger partial charge >= 0.3 is 0 Å². The quantitative estimate of drug-likeness (QED) is 0.109. The van der Waals surface area contributed by atoms with Crippen molar-refractivity contribution in [2.45, 2.75) is 20.8 Å². The summed E-state index contributed by atoms with van der Waals surface area (Å²) < 4.78 is 35.7. The lowest BCUT2D eigenvalue weighted by atomic mass is 9.32. The third-order valence-corrected chi connectivity index (χ3v) is 22.2. The highest BCUT2D eigenvalue weighted by atomic mass is 16.3. The minimum Gasteiger partial charge on any atom is -0.457 e. The summed E-state index contributed by atoms with van der Waals surface area (Å²) >= 11 is 0. The molecule has 0 amide bonds. The molecule has 13 heteroatoms. The van der Waals surface area contributed by atoms with Crippen LogP contribution in [0.25, 0.3) is 177 Å². The zero-order valence-electron chi connectivity index (χ0n) is 55.0. The van der Waals surface area contributed by atoms with Crippen molar-refractivity contribution >= 4 is 184 Å². The summed E-state index contributed by atoms with van der Waals surface area (Å²) in [7, 11) is 0. The standard InChI is InChI=1S/C88H53B2N7O4/c1-7-23-45(4)47(6)94-61-33-21-34-62-74(61)89(77-71-54-29-14-17-38-66(54)98-69(71)43-59-81(77)95(62)87(92-59)49-24-11-10-12-25-49)76-73-56-32-20-31-52(84(56)101-68(73)40-46(5)80(76)94)50-26-19-27-51(41-50)88-93-60-44-70-72(55-30-15-18-39-67(55)99-70)78-82(60)96(88)63-35-22-36-64-75(63)90(78)79-83-58(91-86(97(64)83)48(8-2)9-3)42-57-53-28-13-16-37-65(53)100-85(57)79/h7-44H,2,4,6H2,1,3,5H3/b23-7-,48-9+. The first-order chi connectivity index (χ1) is 49.7. The van der Waals surface area contributed by atoms with Crippen LogP contribution in [0.3, 0.4) is 0 Å². The number of hydrogen-bond acceptors (Lipinski definition) is 8. The second kappa shape index (κ2) is 19.4. The summed E-state index contributed by atoms with van der Waals surface area (Å²) in [5.74, 6) is 2.47. The van der Waals surface area contributed by atoms with Crippen LogP contribution in [0, 0.1) is 6.92 Å². The van der Waals surface area contributed by atoms with Crippen LogP contribution >= 0.6 is 0 Å². The number of benzene rings is 12. The van der Waals surface area contributed by atoms with Crippen LogP contribution in [0.5, 0.6) is 0 Å². The van der Waals surface area contributed by atoms with Gasteiger partial charge in [0, 0.05) is 112 Å². The molecule has 0 fully saturated rings. The molecular weight excluding hydrogens is 1240 g/mol. The van der Waals surface area contributed by atoms with E-state index in [2.05, 4.69) is 240 Å². The lowest BCUT2D eigenvalue weighted by molar-refractivity contribution is 0.669. The Balaban J connectivity index is 0.782. The molecule has 0 aliphatic carbocycles. The van der Waals surface area contributed by atoms with E-state index in [1.807, 2.05) is 43.4 Å².